The van der Waals surface area contributed by atoms with Gasteiger partial charge in [-0.1, -0.05) is 18.2 Å². The Balaban J connectivity index is 1.89. The van der Waals surface area contributed by atoms with Crippen LogP contribution in [-0.4, -0.2) is 35.5 Å². The SMILES string of the molecule is COC(=O)[C@@H]1[C@H](C#N)[C@H](C#N)[C@H]2c3[nH]c4ccccc4c3CCN12. The number of aromatic nitrogens is 1. The van der Waals surface area contributed by atoms with Crippen molar-refractivity contribution in [3.8, 4) is 12.1 Å². The van der Waals surface area contributed by atoms with E-state index in [1.165, 1.54) is 12.7 Å². The maximum Gasteiger partial charge on any atom is 0.324 e. The van der Waals surface area contributed by atoms with E-state index in [1.807, 2.05) is 23.1 Å². The molecule has 24 heavy (non-hydrogen) atoms. The van der Waals surface area contributed by atoms with Gasteiger partial charge in [-0.2, -0.15) is 10.5 Å². The predicted molar refractivity (Wildman–Crippen MR) is 85.5 cm³/mol. The number of carbonyl (C=O) groups excluding carboxylic acids is 1. The molecule has 2 aromatic rings. The zero-order valence-corrected chi connectivity index (χ0v) is 13.2. The predicted octanol–water partition coefficient (Wildman–Crippen LogP) is 1.90. The second-order valence-electron chi connectivity index (χ2n) is 6.27. The Bertz CT molecular complexity index is 904. The van der Waals surface area contributed by atoms with Crippen LogP contribution in [0.5, 0.6) is 0 Å². The van der Waals surface area contributed by atoms with E-state index in [1.54, 1.807) is 0 Å². The van der Waals surface area contributed by atoms with Crippen LogP contribution in [0.25, 0.3) is 10.9 Å². The molecule has 4 atom stereocenters. The van der Waals surface area contributed by atoms with Crippen molar-refractivity contribution in [2.45, 2.75) is 18.5 Å². The van der Waals surface area contributed by atoms with E-state index in [-0.39, 0.29) is 6.04 Å². The number of nitrogens with one attached hydrogen (secondary N) is 1. The number of H-pyrrole nitrogens is 1. The summed E-state index contributed by atoms with van der Waals surface area (Å²) in [4.78, 5) is 17.6. The number of nitriles is 2. The van der Waals surface area contributed by atoms with Crippen LogP contribution >= 0.6 is 0 Å². The molecule has 120 valence electrons. The number of hydrogen-bond donors (Lipinski definition) is 1. The first kappa shape index (κ1) is 14.7. The van der Waals surface area contributed by atoms with Crippen LogP contribution in [-0.2, 0) is 16.0 Å². The molecule has 1 aromatic carbocycles. The van der Waals surface area contributed by atoms with Crippen LogP contribution in [0.1, 0.15) is 17.3 Å². The van der Waals surface area contributed by atoms with Gasteiger partial charge in [0.2, 0.25) is 0 Å². The molecule has 0 saturated carbocycles. The largest absolute Gasteiger partial charge is 0.468 e. The Morgan fingerprint density at radius 2 is 2.04 bits per heavy atom. The quantitative estimate of drug-likeness (QED) is 0.810. The fourth-order valence-electron chi connectivity index (χ4n) is 4.29. The molecule has 0 bridgehead atoms. The summed E-state index contributed by atoms with van der Waals surface area (Å²) < 4.78 is 4.90. The first-order chi connectivity index (χ1) is 11.7. The smallest absolute Gasteiger partial charge is 0.324 e. The third-order valence-corrected chi connectivity index (χ3v) is 5.29. The molecule has 0 aliphatic carbocycles. The van der Waals surface area contributed by atoms with Gasteiger partial charge in [-0.3, -0.25) is 9.69 Å². The van der Waals surface area contributed by atoms with Crippen molar-refractivity contribution >= 4 is 16.9 Å². The second kappa shape index (κ2) is 5.36. The molecule has 0 spiro atoms. The van der Waals surface area contributed by atoms with Crippen LogP contribution in [0.2, 0.25) is 0 Å². The number of methoxy groups -OCH3 is 1. The van der Waals surface area contributed by atoms with Gasteiger partial charge in [-0.05, 0) is 18.1 Å². The standard InChI is InChI=1S/C18H16N4O2/c1-24-18(23)17-13(9-20)12(8-19)16-15-11(6-7-22(16)17)10-4-2-3-5-14(10)21-15/h2-5,12-13,16-17,21H,6-7H2,1H3/t12-,13+,16-,17-/m0/s1. The molecule has 1 saturated heterocycles. The van der Waals surface area contributed by atoms with Crippen LogP contribution in [0.4, 0.5) is 0 Å². The molecular weight excluding hydrogens is 304 g/mol. The fraction of sp³-hybridized carbons (Fsp3) is 0.389. The van der Waals surface area contributed by atoms with Gasteiger partial charge in [0.25, 0.3) is 0 Å². The Morgan fingerprint density at radius 1 is 1.29 bits per heavy atom. The number of benzene rings is 1. The lowest BCUT2D eigenvalue weighted by molar-refractivity contribution is -0.147. The molecule has 4 rings (SSSR count). The molecule has 1 fully saturated rings. The van der Waals surface area contributed by atoms with E-state index in [9.17, 15) is 15.3 Å². The summed E-state index contributed by atoms with van der Waals surface area (Å²) in [7, 11) is 1.32. The Morgan fingerprint density at radius 3 is 2.75 bits per heavy atom. The highest BCUT2D eigenvalue weighted by atomic mass is 16.5. The second-order valence-corrected chi connectivity index (χ2v) is 6.27. The Hall–Kier alpha value is -2.83. The van der Waals surface area contributed by atoms with Gasteiger partial charge in [-0.25, -0.2) is 0 Å². The Kier molecular flexibility index (Phi) is 3.30. The van der Waals surface area contributed by atoms with E-state index < -0.39 is 23.8 Å². The summed E-state index contributed by atoms with van der Waals surface area (Å²) in [6, 6.07) is 11.5. The van der Waals surface area contributed by atoms with Crippen LogP contribution < -0.4 is 0 Å². The highest BCUT2D eigenvalue weighted by molar-refractivity contribution is 5.85. The molecule has 0 radical (unpaired) electrons. The summed E-state index contributed by atoms with van der Waals surface area (Å²) in [5.74, 6) is -1.69. The van der Waals surface area contributed by atoms with Crippen molar-refractivity contribution in [1.82, 2.24) is 9.88 Å². The number of ether oxygens (including phenoxy) is 1. The van der Waals surface area contributed by atoms with E-state index in [0.29, 0.717) is 6.54 Å². The molecule has 6 heteroatoms. The van der Waals surface area contributed by atoms with E-state index >= 15 is 0 Å². The van der Waals surface area contributed by atoms with Crippen LogP contribution in [0, 0.1) is 34.5 Å². The van der Waals surface area contributed by atoms with Gasteiger partial charge < -0.3 is 9.72 Å². The number of para-hydroxylation sites is 1. The lowest BCUT2D eigenvalue weighted by atomic mass is 9.86. The van der Waals surface area contributed by atoms with Gasteiger partial charge in [0.15, 0.2) is 0 Å². The molecular formula is C18H16N4O2. The first-order valence-electron chi connectivity index (χ1n) is 7.93. The summed E-state index contributed by atoms with van der Waals surface area (Å²) in [6.45, 7) is 0.635. The lowest BCUT2D eigenvalue weighted by Crippen LogP contribution is -2.43. The van der Waals surface area contributed by atoms with E-state index in [0.717, 1.165) is 23.0 Å². The zero-order valence-electron chi connectivity index (χ0n) is 13.2. The average molecular weight is 320 g/mol. The highest BCUT2D eigenvalue weighted by Crippen LogP contribution is 2.48. The minimum absolute atomic E-state index is 0.278. The molecule has 0 amide bonds. The molecule has 1 N–H and O–H groups in total. The highest BCUT2D eigenvalue weighted by Gasteiger charge is 2.55. The molecule has 2 aliphatic heterocycles. The number of aromatic amines is 1. The van der Waals surface area contributed by atoms with E-state index in [4.69, 9.17) is 4.74 Å². The zero-order chi connectivity index (χ0) is 16.8. The van der Waals surface area contributed by atoms with Crippen LogP contribution in [0.3, 0.4) is 0 Å². The van der Waals surface area contributed by atoms with Gasteiger partial charge in [0.1, 0.15) is 6.04 Å². The number of rotatable bonds is 1. The fourth-order valence-corrected chi connectivity index (χ4v) is 4.29. The number of nitrogens with zero attached hydrogens (tertiary/aromatic N) is 3. The average Bonchev–Trinajstić information content (AvgIpc) is 3.15. The maximum atomic E-state index is 12.2. The molecule has 0 unspecified atom stereocenters. The first-order valence-corrected chi connectivity index (χ1v) is 7.93. The monoisotopic (exact) mass is 320 g/mol. The van der Waals surface area contributed by atoms with Crippen LogP contribution in [0.15, 0.2) is 24.3 Å². The van der Waals surface area contributed by atoms with Gasteiger partial charge in [0.05, 0.1) is 37.1 Å². The van der Waals surface area contributed by atoms with Crippen molar-refractivity contribution in [2.75, 3.05) is 13.7 Å². The van der Waals surface area contributed by atoms with Gasteiger partial charge in [-0.15, -0.1) is 0 Å². The number of carbonyl (C=O) groups is 1. The summed E-state index contributed by atoms with van der Waals surface area (Å²) in [6.07, 6.45) is 0.777. The lowest BCUT2D eigenvalue weighted by Gasteiger charge is -2.33. The summed E-state index contributed by atoms with van der Waals surface area (Å²) in [5.41, 5.74) is 3.17. The maximum absolute atomic E-state index is 12.2. The van der Waals surface area contributed by atoms with E-state index in [2.05, 4.69) is 23.2 Å². The molecule has 3 heterocycles. The normalized spacial score (nSPS) is 28.6. The third-order valence-electron chi connectivity index (χ3n) is 5.29. The number of esters is 1. The van der Waals surface area contributed by atoms with Crippen molar-refractivity contribution in [3.63, 3.8) is 0 Å². The van der Waals surface area contributed by atoms with Crippen molar-refractivity contribution in [3.05, 3.63) is 35.5 Å². The van der Waals surface area contributed by atoms with Crippen molar-refractivity contribution in [2.24, 2.45) is 11.8 Å². The molecule has 2 aliphatic rings. The topological polar surface area (TPSA) is 92.9 Å². The minimum atomic E-state index is -0.690. The molecule has 1 aromatic heterocycles. The Labute approximate surface area is 139 Å². The number of hydrogen-bond acceptors (Lipinski definition) is 5. The van der Waals surface area contributed by atoms with Gasteiger partial charge in [0, 0.05) is 23.1 Å². The third kappa shape index (κ3) is 1.81. The molecule has 6 nitrogen and oxygen atoms in total. The van der Waals surface area contributed by atoms with Crippen molar-refractivity contribution in [1.29, 1.82) is 10.5 Å². The summed E-state index contributed by atoms with van der Waals surface area (Å²) >= 11 is 0. The summed E-state index contributed by atoms with van der Waals surface area (Å²) in [5, 5.41) is 20.4. The van der Waals surface area contributed by atoms with Gasteiger partial charge >= 0.3 is 5.97 Å². The van der Waals surface area contributed by atoms with Crippen molar-refractivity contribution < 1.29 is 9.53 Å². The number of fused-ring (bicyclic) bond motifs is 5. The minimum Gasteiger partial charge on any atom is -0.468 e.